The minimum absolute atomic E-state index is 0.473. The van der Waals surface area contributed by atoms with Crippen LogP contribution in [0.1, 0.15) is 56.5 Å². The maximum Gasteiger partial charge on any atom is 0.109 e. The van der Waals surface area contributed by atoms with Crippen LogP contribution < -0.4 is 5.32 Å². The van der Waals surface area contributed by atoms with E-state index in [1.54, 1.807) is 11.3 Å². The Labute approximate surface area is 126 Å². The van der Waals surface area contributed by atoms with Gasteiger partial charge in [0.2, 0.25) is 0 Å². The molecule has 20 heavy (non-hydrogen) atoms. The SMILES string of the molecule is CC(c1nccs1)N1CCCNC(C2CCCCC2)C1. The molecule has 2 fully saturated rings. The van der Waals surface area contributed by atoms with E-state index in [-0.39, 0.29) is 0 Å². The lowest BCUT2D eigenvalue weighted by atomic mass is 9.83. The summed E-state index contributed by atoms with van der Waals surface area (Å²) < 4.78 is 0. The van der Waals surface area contributed by atoms with Gasteiger partial charge in [0.25, 0.3) is 0 Å². The molecule has 1 aliphatic heterocycles. The average molecular weight is 293 g/mol. The molecule has 3 nitrogen and oxygen atoms in total. The van der Waals surface area contributed by atoms with Gasteiger partial charge in [-0.05, 0) is 38.6 Å². The van der Waals surface area contributed by atoms with Gasteiger partial charge in [0.15, 0.2) is 0 Å². The fourth-order valence-electron chi connectivity index (χ4n) is 3.78. The van der Waals surface area contributed by atoms with Gasteiger partial charge in [-0.3, -0.25) is 4.90 Å². The van der Waals surface area contributed by atoms with Crippen molar-refractivity contribution >= 4 is 11.3 Å². The number of rotatable bonds is 3. The van der Waals surface area contributed by atoms with Crippen molar-refractivity contribution in [3.05, 3.63) is 16.6 Å². The molecule has 1 aromatic rings. The van der Waals surface area contributed by atoms with Crippen molar-refractivity contribution in [1.29, 1.82) is 0 Å². The van der Waals surface area contributed by atoms with Crippen LogP contribution in [0.5, 0.6) is 0 Å². The largest absolute Gasteiger partial charge is 0.312 e. The van der Waals surface area contributed by atoms with Gasteiger partial charge in [0.1, 0.15) is 5.01 Å². The smallest absolute Gasteiger partial charge is 0.109 e. The van der Waals surface area contributed by atoms with Gasteiger partial charge in [-0.1, -0.05) is 19.3 Å². The number of nitrogens with one attached hydrogen (secondary N) is 1. The van der Waals surface area contributed by atoms with E-state index in [2.05, 4.69) is 27.5 Å². The highest BCUT2D eigenvalue weighted by molar-refractivity contribution is 7.09. The van der Waals surface area contributed by atoms with Crippen molar-refractivity contribution in [3.63, 3.8) is 0 Å². The summed E-state index contributed by atoms with van der Waals surface area (Å²) in [5.41, 5.74) is 0. The fraction of sp³-hybridized carbons (Fsp3) is 0.812. The summed E-state index contributed by atoms with van der Waals surface area (Å²) in [7, 11) is 0. The quantitative estimate of drug-likeness (QED) is 0.925. The molecular formula is C16H27N3S. The fourth-order valence-corrected chi connectivity index (χ4v) is 4.51. The van der Waals surface area contributed by atoms with Crippen LogP contribution in [-0.2, 0) is 0 Å². The van der Waals surface area contributed by atoms with Crippen LogP contribution in [0.2, 0.25) is 0 Å². The molecule has 1 saturated heterocycles. The molecule has 0 amide bonds. The van der Waals surface area contributed by atoms with Crippen LogP contribution >= 0.6 is 11.3 Å². The molecule has 2 atom stereocenters. The minimum Gasteiger partial charge on any atom is -0.312 e. The predicted octanol–water partition coefficient (Wildman–Crippen LogP) is 3.45. The molecule has 0 bridgehead atoms. The summed E-state index contributed by atoms with van der Waals surface area (Å²) in [6, 6.07) is 1.17. The first kappa shape index (κ1) is 14.5. The summed E-state index contributed by atoms with van der Waals surface area (Å²) in [4.78, 5) is 7.17. The highest BCUT2D eigenvalue weighted by Crippen LogP contribution is 2.30. The molecule has 0 spiro atoms. The van der Waals surface area contributed by atoms with E-state index >= 15 is 0 Å². The average Bonchev–Trinajstić information content (AvgIpc) is 2.92. The van der Waals surface area contributed by atoms with Crippen LogP contribution in [0.15, 0.2) is 11.6 Å². The van der Waals surface area contributed by atoms with Crippen LogP contribution in [0.3, 0.4) is 0 Å². The van der Waals surface area contributed by atoms with E-state index in [4.69, 9.17) is 0 Å². The molecule has 112 valence electrons. The van der Waals surface area contributed by atoms with Gasteiger partial charge >= 0.3 is 0 Å². The van der Waals surface area contributed by atoms with Crippen molar-refractivity contribution in [2.75, 3.05) is 19.6 Å². The third-order valence-corrected chi connectivity index (χ3v) is 5.98. The normalized spacial score (nSPS) is 28.1. The molecule has 0 aromatic carbocycles. The zero-order valence-electron chi connectivity index (χ0n) is 12.6. The number of aromatic nitrogens is 1. The second-order valence-electron chi connectivity index (χ2n) is 6.35. The van der Waals surface area contributed by atoms with Crippen LogP contribution in [0.4, 0.5) is 0 Å². The molecule has 1 saturated carbocycles. The molecule has 0 radical (unpaired) electrons. The van der Waals surface area contributed by atoms with E-state index in [0.717, 1.165) is 5.92 Å². The van der Waals surface area contributed by atoms with Crippen LogP contribution in [0, 0.1) is 5.92 Å². The third-order valence-electron chi connectivity index (χ3n) is 5.04. The Morgan fingerprint density at radius 2 is 2.15 bits per heavy atom. The summed E-state index contributed by atoms with van der Waals surface area (Å²) in [6.07, 6.45) is 10.4. The number of hydrogen-bond acceptors (Lipinski definition) is 4. The van der Waals surface area contributed by atoms with Crippen molar-refractivity contribution in [3.8, 4) is 0 Å². The lowest BCUT2D eigenvalue weighted by Crippen LogP contribution is -2.44. The zero-order valence-corrected chi connectivity index (χ0v) is 13.4. The number of hydrogen-bond donors (Lipinski definition) is 1. The maximum atomic E-state index is 4.52. The molecule has 4 heteroatoms. The molecular weight excluding hydrogens is 266 g/mol. The monoisotopic (exact) mass is 293 g/mol. The second kappa shape index (κ2) is 7.01. The van der Waals surface area contributed by atoms with Gasteiger partial charge in [-0.25, -0.2) is 4.98 Å². The Hall–Kier alpha value is -0.450. The minimum atomic E-state index is 0.473. The lowest BCUT2D eigenvalue weighted by molar-refractivity contribution is 0.170. The first-order valence-corrected chi connectivity index (χ1v) is 9.09. The van der Waals surface area contributed by atoms with Crippen molar-refractivity contribution in [2.45, 2.75) is 57.5 Å². The third kappa shape index (κ3) is 3.41. The van der Waals surface area contributed by atoms with E-state index in [1.807, 2.05) is 6.20 Å². The molecule has 1 aromatic heterocycles. The van der Waals surface area contributed by atoms with Crippen LogP contribution in [-0.4, -0.2) is 35.6 Å². The highest BCUT2D eigenvalue weighted by Gasteiger charge is 2.29. The summed E-state index contributed by atoms with van der Waals surface area (Å²) in [5.74, 6) is 0.896. The molecule has 2 heterocycles. The molecule has 2 unspecified atom stereocenters. The summed E-state index contributed by atoms with van der Waals surface area (Å²) in [6.45, 7) is 5.91. The first-order valence-electron chi connectivity index (χ1n) is 8.21. The Morgan fingerprint density at radius 3 is 2.90 bits per heavy atom. The van der Waals surface area contributed by atoms with E-state index in [0.29, 0.717) is 12.1 Å². The summed E-state index contributed by atoms with van der Waals surface area (Å²) in [5, 5.41) is 7.19. The molecule has 1 aliphatic carbocycles. The number of thiazole rings is 1. The van der Waals surface area contributed by atoms with Crippen molar-refractivity contribution in [1.82, 2.24) is 15.2 Å². The maximum absolute atomic E-state index is 4.52. The lowest BCUT2D eigenvalue weighted by Gasteiger charge is -2.34. The van der Waals surface area contributed by atoms with Crippen molar-refractivity contribution < 1.29 is 0 Å². The standard InChI is InChI=1S/C16H27N3S/c1-13(16-18-9-11-20-16)19-10-5-8-17-15(12-19)14-6-3-2-4-7-14/h9,11,13-15,17H,2-8,10,12H2,1H3. The Morgan fingerprint density at radius 1 is 1.30 bits per heavy atom. The van der Waals surface area contributed by atoms with Gasteiger partial charge in [0.05, 0.1) is 6.04 Å². The van der Waals surface area contributed by atoms with Gasteiger partial charge in [0, 0.05) is 30.7 Å². The van der Waals surface area contributed by atoms with Gasteiger partial charge < -0.3 is 5.32 Å². The molecule has 3 rings (SSSR count). The Balaban J connectivity index is 1.65. The highest BCUT2D eigenvalue weighted by atomic mass is 32.1. The van der Waals surface area contributed by atoms with E-state index < -0.39 is 0 Å². The summed E-state index contributed by atoms with van der Waals surface area (Å²) >= 11 is 1.80. The van der Waals surface area contributed by atoms with Gasteiger partial charge in [-0.15, -0.1) is 11.3 Å². The topological polar surface area (TPSA) is 28.2 Å². The Bertz CT molecular complexity index is 386. The predicted molar refractivity (Wildman–Crippen MR) is 85.1 cm³/mol. The first-order chi connectivity index (χ1) is 9.84. The molecule has 2 aliphatic rings. The van der Waals surface area contributed by atoms with E-state index in [1.165, 1.54) is 63.2 Å². The van der Waals surface area contributed by atoms with E-state index in [9.17, 15) is 0 Å². The zero-order chi connectivity index (χ0) is 13.8. The van der Waals surface area contributed by atoms with Crippen LogP contribution in [0.25, 0.3) is 0 Å². The van der Waals surface area contributed by atoms with Gasteiger partial charge in [-0.2, -0.15) is 0 Å². The Kier molecular flexibility index (Phi) is 5.08. The van der Waals surface area contributed by atoms with Crippen molar-refractivity contribution in [2.24, 2.45) is 5.92 Å². The second-order valence-corrected chi connectivity index (χ2v) is 7.28. The number of nitrogens with zero attached hydrogens (tertiary/aromatic N) is 2. The molecule has 1 N–H and O–H groups in total.